The molecule has 1 unspecified atom stereocenters. The van der Waals surface area contributed by atoms with Crippen LogP contribution in [0.1, 0.15) is 11.6 Å². The predicted octanol–water partition coefficient (Wildman–Crippen LogP) is 1.58. The molecule has 4 N–H and O–H groups in total. The summed E-state index contributed by atoms with van der Waals surface area (Å²) in [6.07, 6.45) is 0. The van der Waals surface area contributed by atoms with Gasteiger partial charge in [0.05, 0.1) is 0 Å². The molecule has 0 saturated carbocycles. The molecule has 0 amide bonds. The molecule has 0 bridgehead atoms. The number of hydrogen-bond donors (Lipinski definition) is 2. The van der Waals surface area contributed by atoms with Crippen LogP contribution in [0.5, 0.6) is 0 Å². The van der Waals surface area contributed by atoms with E-state index in [1.165, 1.54) is 6.07 Å². The molecule has 2 nitrogen and oxygen atoms in total. The standard InChI is InChI=1S/C8H9ClF2N2/c9-7-5(10)2-1-4(8(7)11)6(13)3-12/h1-2,6H,3,12-13H2. The number of rotatable bonds is 2. The van der Waals surface area contributed by atoms with Crippen LogP contribution in [-0.4, -0.2) is 6.54 Å². The molecule has 1 atom stereocenters. The van der Waals surface area contributed by atoms with Crippen LogP contribution in [0.15, 0.2) is 12.1 Å². The average molecular weight is 207 g/mol. The maximum atomic E-state index is 13.2. The van der Waals surface area contributed by atoms with Gasteiger partial charge in [-0.15, -0.1) is 0 Å². The van der Waals surface area contributed by atoms with Gasteiger partial charge >= 0.3 is 0 Å². The van der Waals surface area contributed by atoms with Gasteiger partial charge in [-0.05, 0) is 6.07 Å². The smallest absolute Gasteiger partial charge is 0.149 e. The van der Waals surface area contributed by atoms with Crippen LogP contribution in [0.25, 0.3) is 0 Å². The van der Waals surface area contributed by atoms with E-state index in [1.54, 1.807) is 0 Å². The van der Waals surface area contributed by atoms with Gasteiger partial charge in [0.15, 0.2) is 0 Å². The summed E-state index contributed by atoms with van der Waals surface area (Å²) in [6, 6.07) is 1.66. The Morgan fingerprint density at radius 3 is 2.54 bits per heavy atom. The van der Waals surface area contributed by atoms with Crippen molar-refractivity contribution in [1.82, 2.24) is 0 Å². The molecule has 1 rings (SSSR count). The highest BCUT2D eigenvalue weighted by molar-refractivity contribution is 6.30. The molecule has 72 valence electrons. The average Bonchev–Trinajstić information content (AvgIpc) is 2.13. The van der Waals surface area contributed by atoms with E-state index in [0.717, 1.165) is 6.07 Å². The van der Waals surface area contributed by atoms with Crippen LogP contribution < -0.4 is 11.5 Å². The van der Waals surface area contributed by atoms with Gasteiger partial charge in [-0.3, -0.25) is 0 Å². The highest BCUT2D eigenvalue weighted by Crippen LogP contribution is 2.24. The van der Waals surface area contributed by atoms with Crippen molar-refractivity contribution in [3.05, 3.63) is 34.4 Å². The third kappa shape index (κ3) is 1.96. The van der Waals surface area contributed by atoms with E-state index in [-0.39, 0.29) is 12.1 Å². The highest BCUT2D eigenvalue weighted by Gasteiger charge is 2.15. The van der Waals surface area contributed by atoms with Gasteiger partial charge in [-0.1, -0.05) is 17.7 Å². The Labute approximate surface area is 79.5 Å². The Morgan fingerprint density at radius 1 is 1.38 bits per heavy atom. The summed E-state index contributed by atoms with van der Waals surface area (Å²) >= 11 is 5.34. The van der Waals surface area contributed by atoms with Crippen molar-refractivity contribution in [1.29, 1.82) is 0 Å². The zero-order valence-electron chi connectivity index (χ0n) is 6.73. The molecule has 0 aliphatic heterocycles. The first-order valence-electron chi connectivity index (χ1n) is 3.67. The van der Waals surface area contributed by atoms with E-state index in [4.69, 9.17) is 23.1 Å². The second-order valence-corrected chi connectivity index (χ2v) is 2.98. The van der Waals surface area contributed by atoms with Crippen molar-refractivity contribution in [2.45, 2.75) is 6.04 Å². The van der Waals surface area contributed by atoms with Crippen molar-refractivity contribution >= 4 is 11.6 Å². The molecule has 0 aliphatic carbocycles. The molecule has 0 aromatic heterocycles. The van der Waals surface area contributed by atoms with Crippen LogP contribution in [0.4, 0.5) is 8.78 Å². The number of benzene rings is 1. The summed E-state index contributed by atoms with van der Waals surface area (Å²) < 4.78 is 25.9. The summed E-state index contributed by atoms with van der Waals surface area (Å²) in [4.78, 5) is 0. The lowest BCUT2D eigenvalue weighted by molar-refractivity contribution is 0.557. The van der Waals surface area contributed by atoms with Crippen molar-refractivity contribution in [3.8, 4) is 0 Å². The third-order valence-corrected chi connectivity index (χ3v) is 2.06. The van der Waals surface area contributed by atoms with E-state index in [2.05, 4.69) is 0 Å². The minimum absolute atomic E-state index is 0.0822. The van der Waals surface area contributed by atoms with E-state index >= 15 is 0 Å². The molecule has 1 aromatic rings. The van der Waals surface area contributed by atoms with Crippen molar-refractivity contribution < 1.29 is 8.78 Å². The summed E-state index contributed by atoms with van der Waals surface area (Å²) in [6.45, 7) is 0.0822. The Morgan fingerprint density at radius 2 is 2.00 bits per heavy atom. The van der Waals surface area contributed by atoms with Gasteiger partial charge < -0.3 is 11.5 Å². The summed E-state index contributed by atoms with van der Waals surface area (Å²) in [7, 11) is 0. The lowest BCUT2D eigenvalue weighted by Gasteiger charge is -2.10. The zero-order chi connectivity index (χ0) is 10.0. The van der Waals surface area contributed by atoms with E-state index in [9.17, 15) is 8.78 Å². The fourth-order valence-electron chi connectivity index (χ4n) is 0.954. The predicted molar refractivity (Wildman–Crippen MR) is 47.4 cm³/mol. The second kappa shape index (κ2) is 4.00. The molecule has 0 radical (unpaired) electrons. The summed E-state index contributed by atoms with van der Waals surface area (Å²) in [5.41, 5.74) is 10.8. The second-order valence-electron chi connectivity index (χ2n) is 2.61. The fourth-order valence-corrected chi connectivity index (χ4v) is 1.13. The molecule has 1 aromatic carbocycles. The minimum atomic E-state index is -0.834. The van der Waals surface area contributed by atoms with Crippen molar-refractivity contribution in [3.63, 3.8) is 0 Å². The van der Waals surface area contributed by atoms with Crippen LogP contribution in [0, 0.1) is 11.6 Å². The molecule has 0 saturated heterocycles. The molecule has 13 heavy (non-hydrogen) atoms. The first kappa shape index (κ1) is 10.4. The highest BCUT2D eigenvalue weighted by atomic mass is 35.5. The quantitative estimate of drug-likeness (QED) is 0.722. The SMILES string of the molecule is NCC(N)c1ccc(F)c(Cl)c1F. The fraction of sp³-hybridized carbons (Fsp3) is 0.250. The number of halogens is 3. The topological polar surface area (TPSA) is 52.0 Å². The van der Waals surface area contributed by atoms with Crippen molar-refractivity contribution in [2.75, 3.05) is 6.54 Å². The van der Waals surface area contributed by atoms with E-state index < -0.39 is 22.7 Å². The molecular formula is C8H9ClF2N2. The van der Waals surface area contributed by atoms with Crippen LogP contribution in [0.3, 0.4) is 0 Å². The van der Waals surface area contributed by atoms with Crippen LogP contribution in [0.2, 0.25) is 5.02 Å². The summed E-state index contributed by atoms with van der Waals surface area (Å²) in [5.74, 6) is -1.63. The lowest BCUT2D eigenvalue weighted by Crippen LogP contribution is -2.22. The largest absolute Gasteiger partial charge is 0.329 e. The summed E-state index contributed by atoms with van der Waals surface area (Å²) in [5, 5.41) is -0.540. The Bertz CT molecular complexity index is 317. The first-order chi connectivity index (χ1) is 6.07. The molecule has 5 heteroatoms. The Hall–Kier alpha value is -0.710. The van der Waals surface area contributed by atoms with Gasteiger partial charge in [0.1, 0.15) is 16.7 Å². The van der Waals surface area contributed by atoms with Crippen LogP contribution in [-0.2, 0) is 0 Å². The first-order valence-corrected chi connectivity index (χ1v) is 4.04. The van der Waals surface area contributed by atoms with E-state index in [0.29, 0.717) is 0 Å². The third-order valence-electron chi connectivity index (χ3n) is 1.72. The lowest BCUT2D eigenvalue weighted by atomic mass is 10.1. The molecule has 0 spiro atoms. The van der Waals surface area contributed by atoms with Gasteiger partial charge in [0.2, 0.25) is 0 Å². The van der Waals surface area contributed by atoms with E-state index in [1.807, 2.05) is 0 Å². The maximum absolute atomic E-state index is 13.2. The molecule has 0 heterocycles. The molecule has 0 fully saturated rings. The maximum Gasteiger partial charge on any atom is 0.149 e. The number of nitrogens with two attached hydrogens (primary N) is 2. The van der Waals surface area contributed by atoms with Crippen LogP contribution >= 0.6 is 11.6 Å². The zero-order valence-corrected chi connectivity index (χ0v) is 7.48. The van der Waals surface area contributed by atoms with Gasteiger partial charge in [-0.2, -0.15) is 0 Å². The molecular weight excluding hydrogens is 198 g/mol. The Kier molecular flexibility index (Phi) is 3.19. The van der Waals surface area contributed by atoms with Gasteiger partial charge in [0, 0.05) is 18.2 Å². The minimum Gasteiger partial charge on any atom is -0.329 e. The molecule has 0 aliphatic rings. The van der Waals surface area contributed by atoms with Crippen molar-refractivity contribution in [2.24, 2.45) is 11.5 Å². The number of hydrogen-bond acceptors (Lipinski definition) is 2. The monoisotopic (exact) mass is 206 g/mol. The Balaban J connectivity index is 3.18. The van der Waals surface area contributed by atoms with Gasteiger partial charge in [0.25, 0.3) is 0 Å². The normalized spacial score (nSPS) is 13.0. The van der Waals surface area contributed by atoms with Gasteiger partial charge in [-0.25, -0.2) is 8.78 Å².